The average Bonchev–Trinajstić information content (AvgIpc) is 2.43. The first kappa shape index (κ1) is 17.8. The number of aryl methyl sites for hydroxylation is 1. The number of halogens is 1. The zero-order valence-corrected chi connectivity index (χ0v) is 12.9. The number of aliphatic hydroxyl groups excluding tert-OH is 1. The molecule has 0 aliphatic carbocycles. The SMILES string of the molecule is Cc1ccc(S(=O)(=O)OCCCCC/C(F)=C/CO)cc1. The second-order valence-corrected chi connectivity index (χ2v) is 6.35. The predicted octanol–water partition coefficient (Wildman–Crippen LogP) is 3.11. The number of allylic oxidation sites excluding steroid dienone is 1. The van der Waals surface area contributed by atoms with Crippen LogP contribution in [0.15, 0.2) is 41.1 Å². The number of rotatable bonds is 9. The molecule has 118 valence electrons. The van der Waals surface area contributed by atoms with Gasteiger partial charge >= 0.3 is 0 Å². The first-order valence-electron chi connectivity index (χ1n) is 6.87. The first-order chi connectivity index (χ1) is 9.95. The van der Waals surface area contributed by atoms with Gasteiger partial charge in [-0.05, 0) is 44.4 Å². The van der Waals surface area contributed by atoms with Crippen LogP contribution in [-0.2, 0) is 14.3 Å². The van der Waals surface area contributed by atoms with Gasteiger partial charge in [-0.2, -0.15) is 8.42 Å². The summed E-state index contributed by atoms with van der Waals surface area (Å²) in [5.74, 6) is -0.342. The van der Waals surface area contributed by atoms with Crippen molar-refractivity contribution in [3.05, 3.63) is 41.7 Å². The highest BCUT2D eigenvalue weighted by molar-refractivity contribution is 7.86. The molecule has 0 aliphatic rings. The van der Waals surface area contributed by atoms with Crippen molar-refractivity contribution in [3.63, 3.8) is 0 Å². The summed E-state index contributed by atoms with van der Waals surface area (Å²) in [7, 11) is -3.71. The van der Waals surface area contributed by atoms with Gasteiger partial charge in [0, 0.05) is 0 Å². The summed E-state index contributed by atoms with van der Waals surface area (Å²) in [6, 6.07) is 6.46. The van der Waals surface area contributed by atoms with Crippen LogP contribution in [0.1, 0.15) is 31.2 Å². The highest BCUT2D eigenvalue weighted by atomic mass is 32.2. The summed E-state index contributed by atoms with van der Waals surface area (Å²) in [4.78, 5) is 0.144. The third kappa shape index (κ3) is 6.84. The van der Waals surface area contributed by atoms with E-state index in [2.05, 4.69) is 0 Å². The molecule has 4 nitrogen and oxygen atoms in total. The van der Waals surface area contributed by atoms with E-state index >= 15 is 0 Å². The maximum absolute atomic E-state index is 12.9. The van der Waals surface area contributed by atoms with Gasteiger partial charge in [0.25, 0.3) is 10.1 Å². The van der Waals surface area contributed by atoms with E-state index in [4.69, 9.17) is 9.29 Å². The van der Waals surface area contributed by atoms with Gasteiger partial charge in [-0.25, -0.2) is 4.39 Å². The number of benzene rings is 1. The minimum atomic E-state index is -3.71. The van der Waals surface area contributed by atoms with E-state index in [0.717, 1.165) is 11.6 Å². The molecule has 0 radical (unpaired) electrons. The monoisotopic (exact) mass is 316 g/mol. The Morgan fingerprint density at radius 1 is 1.24 bits per heavy atom. The van der Waals surface area contributed by atoms with E-state index < -0.39 is 10.1 Å². The third-order valence-electron chi connectivity index (χ3n) is 2.92. The smallest absolute Gasteiger partial charge is 0.296 e. The standard InChI is InChI=1S/C15H21FO4S/c1-13-6-8-15(9-7-13)21(18,19)20-12-4-2-3-5-14(16)10-11-17/h6-10,17H,2-5,11-12H2,1H3/b14-10-. The molecule has 0 amide bonds. The third-order valence-corrected chi connectivity index (χ3v) is 4.25. The molecule has 0 bridgehead atoms. The molecule has 1 aromatic carbocycles. The van der Waals surface area contributed by atoms with Gasteiger partial charge < -0.3 is 5.11 Å². The summed E-state index contributed by atoms with van der Waals surface area (Å²) >= 11 is 0. The van der Waals surface area contributed by atoms with Gasteiger partial charge in [0.05, 0.1) is 23.9 Å². The Bertz CT molecular complexity index is 550. The molecule has 0 aliphatic heterocycles. The fourth-order valence-corrected chi connectivity index (χ4v) is 2.66. The van der Waals surface area contributed by atoms with Crippen LogP contribution in [0.25, 0.3) is 0 Å². The molecule has 0 heterocycles. The van der Waals surface area contributed by atoms with Crippen LogP contribution in [0.3, 0.4) is 0 Å². The lowest BCUT2D eigenvalue weighted by Crippen LogP contribution is -2.07. The molecule has 0 saturated heterocycles. The number of aliphatic hydroxyl groups is 1. The zero-order valence-electron chi connectivity index (χ0n) is 12.1. The Morgan fingerprint density at radius 2 is 1.90 bits per heavy atom. The van der Waals surface area contributed by atoms with E-state index in [1.807, 2.05) is 6.92 Å². The van der Waals surface area contributed by atoms with Gasteiger partial charge in [-0.1, -0.05) is 24.1 Å². The average molecular weight is 316 g/mol. The largest absolute Gasteiger partial charge is 0.392 e. The van der Waals surface area contributed by atoms with Gasteiger partial charge in [-0.15, -0.1) is 0 Å². The van der Waals surface area contributed by atoms with Crippen molar-refractivity contribution in [2.75, 3.05) is 13.2 Å². The van der Waals surface area contributed by atoms with Gasteiger partial charge in [0.2, 0.25) is 0 Å². The second-order valence-electron chi connectivity index (χ2n) is 4.73. The molecule has 0 saturated carbocycles. The second kappa shape index (κ2) is 8.92. The fourth-order valence-electron chi connectivity index (χ4n) is 1.72. The molecule has 1 N–H and O–H groups in total. The van der Waals surface area contributed by atoms with E-state index in [-0.39, 0.29) is 30.4 Å². The number of hydrogen-bond donors (Lipinski definition) is 1. The zero-order chi connectivity index (χ0) is 15.7. The molecule has 0 fully saturated rings. The molecule has 0 atom stereocenters. The van der Waals surface area contributed by atoms with Crippen molar-refractivity contribution in [1.29, 1.82) is 0 Å². The molecule has 0 unspecified atom stereocenters. The highest BCUT2D eigenvalue weighted by Gasteiger charge is 2.14. The lowest BCUT2D eigenvalue weighted by molar-refractivity contribution is 0.306. The van der Waals surface area contributed by atoms with Crippen LogP contribution in [0.2, 0.25) is 0 Å². The van der Waals surface area contributed by atoms with E-state index in [9.17, 15) is 12.8 Å². The van der Waals surface area contributed by atoms with Crippen molar-refractivity contribution in [1.82, 2.24) is 0 Å². The molecular weight excluding hydrogens is 295 g/mol. The highest BCUT2D eigenvalue weighted by Crippen LogP contribution is 2.15. The number of unbranched alkanes of at least 4 members (excludes halogenated alkanes) is 2. The molecule has 6 heteroatoms. The van der Waals surface area contributed by atoms with Crippen LogP contribution < -0.4 is 0 Å². The first-order valence-corrected chi connectivity index (χ1v) is 8.28. The Kier molecular flexibility index (Phi) is 7.56. The molecule has 1 aromatic rings. The quantitative estimate of drug-likeness (QED) is 0.561. The Balaban J connectivity index is 2.29. The van der Waals surface area contributed by atoms with E-state index in [1.54, 1.807) is 12.1 Å². The predicted molar refractivity (Wildman–Crippen MR) is 79.1 cm³/mol. The van der Waals surface area contributed by atoms with Crippen LogP contribution >= 0.6 is 0 Å². The maximum atomic E-state index is 12.9. The van der Waals surface area contributed by atoms with Crippen molar-refractivity contribution < 1.29 is 22.1 Å². The summed E-state index contributed by atoms with van der Waals surface area (Å²) < 4.78 is 41.6. The minimum absolute atomic E-state index is 0.0849. The van der Waals surface area contributed by atoms with Crippen LogP contribution in [0, 0.1) is 6.92 Å². The summed E-state index contributed by atoms with van der Waals surface area (Å²) in [5, 5.41) is 8.49. The van der Waals surface area contributed by atoms with Crippen LogP contribution in [-0.4, -0.2) is 26.7 Å². The van der Waals surface area contributed by atoms with Crippen molar-refractivity contribution in [3.8, 4) is 0 Å². The molecule has 21 heavy (non-hydrogen) atoms. The molecule has 0 spiro atoms. The lowest BCUT2D eigenvalue weighted by Gasteiger charge is -2.06. The van der Waals surface area contributed by atoms with E-state index in [1.165, 1.54) is 12.1 Å². The fraction of sp³-hybridized carbons (Fsp3) is 0.467. The Labute approximate surface area is 125 Å². The summed E-state index contributed by atoms with van der Waals surface area (Å²) in [6.45, 7) is 1.66. The van der Waals surface area contributed by atoms with Crippen LogP contribution in [0.5, 0.6) is 0 Å². The Hall–Kier alpha value is -1.24. The van der Waals surface area contributed by atoms with Crippen molar-refractivity contribution >= 4 is 10.1 Å². The van der Waals surface area contributed by atoms with Gasteiger partial charge in [-0.3, -0.25) is 4.18 Å². The lowest BCUT2D eigenvalue weighted by atomic mass is 10.2. The minimum Gasteiger partial charge on any atom is -0.392 e. The van der Waals surface area contributed by atoms with Crippen LogP contribution in [0.4, 0.5) is 4.39 Å². The van der Waals surface area contributed by atoms with E-state index in [0.29, 0.717) is 19.3 Å². The number of hydrogen-bond acceptors (Lipinski definition) is 4. The van der Waals surface area contributed by atoms with Crippen molar-refractivity contribution in [2.45, 2.75) is 37.5 Å². The van der Waals surface area contributed by atoms with Gasteiger partial charge in [0.15, 0.2) is 0 Å². The van der Waals surface area contributed by atoms with Crippen molar-refractivity contribution in [2.24, 2.45) is 0 Å². The topological polar surface area (TPSA) is 63.6 Å². The molecule has 1 rings (SSSR count). The normalized spacial score (nSPS) is 12.6. The summed E-state index contributed by atoms with van der Waals surface area (Å²) in [5.41, 5.74) is 0.979. The summed E-state index contributed by atoms with van der Waals surface area (Å²) in [6.07, 6.45) is 3.17. The molecule has 0 aromatic heterocycles. The van der Waals surface area contributed by atoms with Gasteiger partial charge in [0.1, 0.15) is 0 Å². The molecular formula is C15H21FO4S. The Morgan fingerprint density at radius 3 is 2.52 bits per heavy atom. The maximum Gasteiger partial charge on any atom is 0.296 e.